The fourth-order valence-corrected chi connectivity index (χ4v) is 1.68. The molecule has 1 aromatic rings. The van der Waals surface area contributed by atoms with Crippen molar-refractivity contribution < 1.29 is 28.5 Å². The van der Waals surface area contributed by atoms with Crippen LogP contribution in [0.5, 0.6) is 11.5 Å². The molecule has 0 aliphatic heterocycles. The zero-order valence-corrected chi connectivity index (χ0v) is 12.3. The van der Waals surface area contributed by atoms with Gasteiger partial charge in [0.15, 0.2) is 17.8 Å². The molecule has 6 nitrogen and oxygen atoms in total. The van der Waals surface area contributed by atoms with Crippen LogP contribution in [-0.4, -0.2) is 33.1 Å². The first-order valence-electron chi connectivity index (χ1n) is 6.31. The Labute approximate surface area is 123 Å². The van der Waals surface area contributed by atoms with Gasteiger partial charge in [-0.2, -0.15) is 0 Å². The van der Waals surface area contributed by atoms with Crippen molar-refractivity contribution in [1.29, 1.82) is 0 Å². The van der Waals surface area contributed by atoms with Gasteiger partial charge in [0.25, 0.3) is 0 Å². The van der Waals surface area contributed by atoms with Crippen LogP contribution < -0.4 is 9.47 Å². The van der Waals surface area contributed by atoms with Crippen LogP contribution in [0.25, 0.3) is 0 Å². The monoisotopic (exact) mass is 294 g/mol. The quantitative estimate of drug-likeness (QED) is 0.316. The first-order valence-corrected chi connectivity index (χ1v) is 6.31. The Morgan fingerprint density at radius 1 is 1.24 bits per heavy atom. The number of rotatable bonds is 8. The number of carbonyl (C=O) groups excluding carboxylic acids is 2. The molecule has 1 aromatic carbocycles. The molecule has 6 heteroatoms. The van der Waals surface area contributed by atoms with Gasteiger partial charge in [-0.25, -0.2) is 4.79 Å². The van der Waals surface area contributed by atoms with Gasteiger partial charge in [-0.05, 0) is 13.0 Å². The normalized spacial score (nSPS) is 10.2. The van der Waals surface area contributed by atoms with Gasteiger partial charge in [0.05, 0.1) is 38.7 Å². The molecule has 0 saturated carbocycles. The lowest BCUT2D eigenvalue weighted by Gasteiger charge is -2.13. The molecule has 114 valence electrons. The second-order valence-corrected chi connectivity index (χ2v) is 3.86. The van der Waals surface area contributed by atoms with E-state index in [2.05, 4.69) is 0 Å². The highest BCUT2D eigenvalue weighted by Gasteiger charge is 2.14. The standard InChI is InChI=1S/C15H18O6/c1-4-21-14(17)7-8-20-10-11-5-6-13(18-2)15(19-3)12(11)9-16/h5-9H,4,10H2,1-3H3/b8-7+. The Morgan fingerprint density at radius 3 is 2.57 bits per heavy atom. The second kappa shape index (κ2) is 8.63. The first kappa shape index (κ1) is 16.6. The molecule has 0 aromatic heterocycles. The Hall–Kier alpha value is -2.50. The third-order valence-corrected chi connectivity index (χ3v) is 2.62. The van der Waals surface area contributed by atoms with Crippen LogP contribution in [0, 0.1) is 0 Å². The van der Waals surface area contributed by atoms with E-state index in [1.54, 1.807) is 19.1 Å². The molecular weight excluding hydrogens is 276 g/mol. The lowest BCUT2D eigenvalue weighted by molar-refractivity contribution is -0.137. The van der Waals surface area contributed by atoms with Crippen molar-refractivity contribution in [3.05, 3.63) is 35.6 Å². The third kappa shape index (κ3) is 4.52. The maximum Gasteiger partial charge on any atom is 0.333 e. The predicted molar refractivity (Wildman–Crippen MR) is 75.5 cm³/mol. The molecule has 0 radical (unpaired) electrons. The van der Waals surface area contributed by atoms with Crippen molar-refractivity contribution in [3.8, 4) is 11.5 Å². The highest BCUT2D eigenvalue weighted by molar-refractivity contribution is 5.83. The molecule has 0 saturated heterocycles. The summed E-state index contributed by atoms with van der Waals surface area (Å²) in [5, 5.41) is 0. The number of hydrogen-bond donors (Lipinski definition) is 0. The van der Waals surface area contributed by atoms with Gasteiger partial charge >= 0.3 is 5.97 Å². The lowest BCUT2D eigenvalue weighted by atomic mass is 10.1. The fraction of sp³-hybridized carbons (Fsp3) is 0.333. The van der Waals surface area contributed by atoms with Crippen LogP contribution in [0.15, 0.2) is 24.5 Å². The SMILES string of the molecule is CCOC(=O)/C=C/OCc1ccc(OC)c(OC)c1C=O. The molecule has 0 aliphatic rings. The minimum absolute atomic E-state index is 0.115. The summed E-state index contributed by atoms with van der Waals surface area (Å²) < 4.78 is 20.2. The Morgan fingerprint density at radius 2 is 2.00 bits per heavy atom. The minimum atomic E-state index is -0.486. The van der Waals surface area contributed by atoms with E-state index < -0.39 is 5.97 Å². The molecule has 0 atom stereocenters. The smallest absolute Gasteiger partial charge is 0.333 e. The third-order valence-electron chi connectivity index (χ3n) is 2.62. The average Bonchev–Trinajstić information content (AvgIpc) is 2.50. The number of hydrogen-bond acceptors (Lipinski definition) is 6. The van der Waals surface area contributed by atoms with E-state index in [9.17, 15) is 9.59 Å². The topological polar surface area (TPSA) is 71.1 Å². The summed E-state index contributed by atoms with van der Waals surface area (Å²) in [4.78, 5) is 22.3. The number of esters is 1. The minimum Gasteiger partial charge on any atom is -0.496 e. The number of carbonyl (C=O) groups is 2. The van der Waals surface area contributed by atoms with Crippen LogP contribution >= 0.6 is 0 Å². The predicted octanol–water partition coefficient (Wildman–Crippen LogP) is 2.11. The van der Waals surface area contributed by atoms with E-state index in [1.165, 1.54) is 26.6 Å². The fourth-order valence-electron chi connectivity index (χ4n) is 1.68. The zero-order valence-electron chi connectivity index (χ0n) is 12.3. The molecule has 0 spiro atoms. The van der Waals surface area contributed by atoms with Gasteiger partial charge < -0.3 is 18.9 Å². The van der Waals surface area contributed by atoms with Crippen molar-refractivity contribution in [3.63, 3.8) is 0 Å². The van der Waals surface area contributed by atoms with Gasteiger partial charge in [-0.3, -0.25) is 4.79 Å². The summed E-state index contributed by atoms with van der Waals surface area (Å²) >= 11 is 0. The van der Waals surface area contributed by atoms with E-state index in [1.807, 2.05) is 0 Å². The molecule has 0 unspecified atom stereocenters. The lowest BCUT2D eigenvalue weighted by Crippen LogP contribution is -2.02. The molecule has 0 fully saturated rings. The zero-order chi connectivity index (χ0) is 15.7. The van der Waals surface area contributed by atoms with Gasteiger partial charge in [-0.15, -0.1) is 0 Å². The average molecular weight is 294 g/mol. The summed E-state index contributed by atoms with van der Waals surface area (Å²) in [5.74, 6) is 0.328. The highest BCUT2D eigenvalue weighted by Crippen LogP contribution is 2.32. The van der Waals surface area contributed by atoms with Crippen molar-refractivity contribution in [2.75, 3.05) is 20.8 Å². The molecular formula is C15H18O6. The van der Waals surface area contributed by atoms with E-state index in [4.69, 9.17) is 18.9 Å². The van der Waals surface area contributed by atoms with Crippen molar-refractivity contribution in [2.24, 2.45) is 0 Å². The second-order valence-electron chi connectivity index (χ2n) is 3.86. The number of aldehydes is 1. The van der Waals surface area contributed by atoms with Crippen LogP contribution in [0.3, 0.4) is 0 Å². The maximum atomic E-state index is 11.2. The summed E-state index contributed by atoms with van der Waals surface area (Å²) in [5.41, 5.74) is 0.970. The van der Waals surface area contributed by atoms with Gasteiger partial charge in [0.2, 0.25) is 0 Å². The van der Waals surface area contributed by atoms with Gasteiger partial charge in [-0.1, -0.05) is 6.07 Å². The Balaban J connectivity index is 2.80. The van der Waals surface area contributed by atoms with E-state index in [0.717, 1.165) is 0 Å². The summed E-state index contributed by atoms with van der Waals surface area (Å²) in [6.45, 7) is 2.13. The Bertz CT molecular complexity index is 521. The van der Waals surface area contributed by atoms with Crippen LogP contribution in [-0.2, 0) is 20.9 Å². The molecule has 21 heavy (non-hydrogen) atoms. The van der Waals surface area contributed by atoms with E-state index in [0.29, 0.717) is 35.5 Å². The van der Waals surface area contributed by atoms with Crippen LogP contribution in [0.2, 0.25) is 0 Å². The summed E-state index contributed by atoms with van der Waals surface area (Å²) in [6.07, 6.45) is 3.07. The number of ether oxygens (including phenoxy) is 4. The first-order chi connectivity index (χ1) is 10.2. The molecule has 1 rings (SSSR count). The van der Waals surface area contributed by atoms with Crippen LogP contribution in [0.4, 0.5) is 0 Å². The van der Waals surface area contributed by atoms with Crippen molar-refractivity contribution >= 4 is 12.3 Å². The van der Waals surface area contributed by atoms with E-state index in [-0.39, 0.29) is 6.61 Å². The largest absolute Gasteiger partial charge is 0.496 e. The number of benzene rings is 1. The van der Waals surface area contributed by atoms with Gasteiger partial charge in [0.1, 0.15) is 6.61 Å². The molecule has 0 amide bonds. The number of methoxy groups -OCH3 is 2. The van der Waals surface area contributed by atoms with Gasteiger partial charge in [0, 0.05) is 5.56 Å². The summed E-state index contributed by atoms with van der Waals surface area (Å²) in [6, 6.07) is 3.38. The maximum absolute atomic E-state index is 11.2. The van der Waals surface area contributed by atoms with Crippen molar-refractivity contribution in [2.45, 2.75) is 13.5 Å². The van der Waals surface area contributed by atoms with Crippen molar-refractivity contribution in [1.82, 2.24) is 0 Å². The van der Waals surface area contributed by atoms with E-state index >= 15 is 0 Å². The summed E-state index contributed by atoms with van der Waals surface area (Å²) in [7, 11) is 2.95. The molecule has 0 aliphatic carbocycles. The highest BCUT2D eigenvalue weighted by atomic mass is 16.5. The molecule has 0 N–H and O–H groups in total. The van der Waals surface area contributed by atoms with Crippen LogP contribution in [0.1, 0.15) is 22.8 Å². The Kier molecular flexibility index (Phi) is 6.80. The molecule has 0 bridgehead atoms. The molecule has 0 heterocycles.